The van der Waals surface area contributed by atoms with Crippen LogP contribution >= 0.6 is 0 Å². The predicted octanol–water partition coefficient (Wildman–Crippen LogP) is 2.24. The summed E-state index contributed by atoms with van der Waals surface area (Å²) in [7, 11) is 0. The third kappa shape index (κ3) is 4.68. The molecular weight excluding hydrogens is 262 g/mol. The Labute approximate surface area is 130 Å². The fourth-order valence-electron chi connectivity index (χ4n) is 3.87. The fourth-order valence-corrected chi connectivity index (χ4v) is 3.87. The predicted molar refractivity (Wildman–Crippen MR) is 87.4 cm³/mol. The van der Waals surface area contributed by atoms with Gasteiger partial charge in [0.15, 0.2) is 0 Å². The summed E-state index contributed by atoms with van der Waals surface area (Å²) in [5.74, 6) is 0.369. The van der Waals surface area contributed by atoms with Crippen LogP contribution in [0.25, 0.3) is 0 Å². The summed E-state index contributed by atoms with van der Waals surface area (Å²) in [5.41, 5.74) is 0. The zero-order chi connectivity index (χ0) is 15.1. The minimum Gasteiger partial charge on any atom is -0.339 e. The number of carbonyl (C=O) groups excluding carboxylic acids is 1. The normalized spacial score (nSPS) is 24.5. The van der Waals surface area contributed by atoms with Gasteiger partial charge in [-0.05, 0) is 64.6 Å². The highest BCUT2D eigenvalue weighted by atomic mass is 16.2. The number of piperidine rings is 2. The Morgan fingerprint density at radius 1 is 1.19 bits per heavy atom. The minimum atomic E-state index is 0.369. The smallest absolute Gasteiger partial charge is 0.237 e. The van der Waals surface area contributed by atoms with Crippen molar-refractivity contribution in [3.8, 4) is 0 Å². The molecule has 0 spiro atoms. The molecule has 0 aliphatic carbocycles. The van der Waals surface area contributed by atoms with Gasteiger partial charge in [0.2, 0.25) is 5.91 Å². The summed E-state index contributed by atoms with van der Waals surface area (Å²) in [4.78, 5) is 17.4. The average molecular weight is 295 g/mol. The van der Waals surface area contributed by atoms with Crippen molar-refractivity contribution in [1.82, 2.24) is 15.1 Å². The van der Waals surface area contributed by atoms with Crippen LogP contribution < -0.4 is 5.32 Å². The molecule has 1 unspecified atom stereocenters. The maximum absolute atomic E-state index is 12.8. The molecule has 4 heteroatoms. The van der Waals surface area contributed by atoms with Gasteiger partial charge in [0, 0.05) is 18.6 Å². The molecule has 2 rings (SSSR count). The molecule has 2 heterocycles. The lowest BCUT2D eigenvalue weighted by Gasteiger charge is -2.39. The largest absolute Gasteiger partial charge is 0.339 e. The highest BCUT2D eigenvalue weighted by molar-refractivity contribution is 5.78. The molecule has 1 atom stereocenters. The molecule has 0 aromatic heterocycles. The van der Waals surface area contributed by atoms with Crippen molar-refractivity contribution in [2.45, 2.75) is 70.9 Å². The van der Waals surface area contributed by atoms with Crippen LogP contribution in [0.5, 0.6) is 0 Å². The van der Waals surface area contributed by atoms with Crippen LogP contribution in [0.15, 0.2) is 0 Å². The Kier molecular flexibility index (Phi) is 6.97. The Morgan fingerprint density at radius 3 is 2.62 bits per heavy atom. The molecule has 0 aromatic rings. The lowest BCUT2D eigenvalue weighted by Crippen LogP contribution is -2.51. The second kappa shape index (κ2) is 8.74. The van der Waals surface area contributed by atoms with E-state index in [1.54, 1.807) is 0 Å². The van der Waals surface area contributed by atoms with Crippen molar-refractivity contribution < 1.29 is 4.79 Å². The molecule has 2 saturated heterocycles. The van der Waals surface area contributed by atoms with E-state index in [9.17, 15) is 4.79 Å². The summed E-state index contributed by atoms with van der Waals surface area (Å²) >= 11 is 0. The Morgan fingerprint density at radius 2 is 1.95 bits per heavy atom. The summed E-state index contributed by atoms with van der Waals surface area (Å²) in [5, 5.41) is 3.42. The highest BCUT2D eigenvalue weighted by Crippen LogP contribution is 2.20. The third-order valence-electron chi connectivity index (χ3n) is 5.09. The van der Waals surface area contributed by atoms with E-state index in [4.69, 9.17) is 0 Å². The second-order valence-corrected chi connectivity index (χ2v) is 6.60. The van der Waals surface area contributed by atoms with Crippen molar-refractivity contribution >= 4 is 5.91 Å². The molecule has 0 saturated carbocycles. The van der Waals surface area contributed by atoms with Crippen LogP contribution in [-0.2, 0) is 4.79 Å². The van der Waals surface area contributed by atoms with E-state index in [-0.39, 0.29) is 0 Å². The summed E-state index contributed by atoms with van der Waals surface area (Å²) in [6.07, 6.45) is 8.28. The van der Waals surface area contributed by atoms with Gasteiger partial charge in [-0.3, -0.25) is 9.69 Å². The van der Waals surface area contributed by atoms with Crippen molar-refractivity contribution in [3.05, 3.63) is 0 Å². The van der Waals surface area contributed by atoms with Gasteiger partial charge in [0.25, 0.3) is 0 Å². The number of carbonyl (C=O) groups is 1. The van der Waals surface area contributed by atoms with Gasteiger partial charge in [0.1, 0.15) is 0 Å². The van der Waals surface area contributed by atoms with Crippen molar-refractivity contribution in [2.75, 3.05) is 32.7 Å². The van der Waals surface area contributed by atoms with E-state index in [1.165, 1.54) is 32.1 Å². The van der Waals surface area contributed by atoms with Crippen LogP contribution in [0, 0.1) is 0 Å². The van der Waals surface area contributed by atoms with Gasteiger partial charge >= 0.3 is 0 Å². The van der Waals surface area contributed by atoms with Crippen LogP contribution in [0.3, 0.4) is 0 Å². The van der Waals surface area contributed by atoms with E-state index < -0.39 is 0 Å². The molecule has 122 valence electrons. The highest BCUT2D eigenvalue weighted by Gasteiger charge is 2.28. The third-order valence-corrected chi connectivity index (χ3v) is 5.09. The van der Waals surface area contributed by atoms with Gasteiger partial charge in [-0.15, -0.1) is 0 Å². The average Bonchev–Trinajstić information content (AvgIpc) is 2.55. The van der Waals surface area contributed by atoms with Crippen LogP contribution in [0.1, 0.15) is 58.8 Å². The summed E-state index contributed by atoms with van der Waals surface area (Å²) in [6, 6.07) is 1.09. The number of rotatable bonds is 6. The number of amides is 1. The summed E-state index contributed by atoms with van der Waals surface area (Å²) in [6.45, 7) is 9.29. The standard InChI is InChI=1S/C17H33N3O/c1-3-12-19(16-8-10-18-11-9-16)14-17(21)20-13-6-5-7-15(20)4-2/h15-16,18H,3-14H2,1-2H3. The Balaban J connectivity index is 1.92. The number of hydrogen-bond donors (Lipinski definition) is 1. The first kappa shape index (κ1) is 16.8. The molecule has 2 aliphatic heterocycles. The quantitative estimate of drug-likeness (QED) is 0.816. The molecule has 0 aromatic carbocycles. The zero-order valence-electron chi connectivity index (χ0n) is 13.9. The first-order chi connectivity index (χ1) is 10.3. The maximum Gasteiger partial charge on any atom is 0.237 e. The minimum absolute atomic E-state index is 0.369. The molecule has 21 heavy (non-hydrogen) atoms. The van der Waals surface area contributed by atoms with E-state index >= 15 is 0 Å². The Hall–Kier alpha value is -0.610. The van der Waals surface area contributed by atoms with E-state index in [2.05, 4.69) is 29.0 Å². The van der Waals surface area contributed by atoms with Crippen LogP contribution in [-0.4, -0.2) is 60.5 Å². The summed E-state index contributed by atoms with van der Waals surface area (Å²) < 4.78 is 0. The molecule has 1 N–H and O–H groups in total. The monoisotopic (exact) mass is 295 g/mol. The number of nitrogens with one attached hydrogen (secondary N) is 1. The van der Waals surface area contributed by atoms with E-state index in [0.717, 1.165) is 39.0 Å². The van der Waals surface area contributed by atoms with Crippen molar-refractivity contribution in [1.29, 1.82) is 0 Å². The Bertz CT molecular complexity index is 315. The molecular formula is C17H33N3O. The van der Waals surface area contributed by atoms with E-state index in [1.807, 2.05) is 0 Å². The first-order valence-electron chi connectivity index (χ1n) is 9.00. The molecule has 2 aliphatic rings. The van der Waals surface area contributed by atoms with Gasteiger partial charge < -0.3 is 10.2 Å². The topological polar surface area (TPSA) is 35.6 Å². The van der Waals surface area contributed by atoms with Crippen molar-refractivity contribution in [3.63, 3.8) is 0 Å². The first-order valence-corrected chi connectivity index (χ1v) is 9.00. The van der Waals surface area contributed by atoms with Gasteiger partial charge in [-0.25, -0.2) is 0 Å². The SMILES string of the molecule is CCCN(CC(=O)N1CCCCC1CC)C1CCNCC1. The van der Waals surface area contributed by atoms with Gasteiger partial charge in [0.05, 0.1) is 6.54 Å². The van der Waals surface area contributed by atoms with Crippen LogP contribution in [0.4, 0.5) is 0 Å². The van der Waals surface area contributed by atoms with Crippen molar-refractivity contribution in [2.24, 2.45) is 0 Å². The number of hydrogen-bond acceptors (Lipinski definition) is 3. The molecule has 1 amide bonds. The number of likely N-dealkylation sites (tertiary alicyclic amines) is 1. The molecule has 2 fully saturated rings. The molecule has 4 nitrogen and oxygen atoms in total. The van der Waals surface area contributed by atoms with E-state index in [0.29, 0.717) is 24.5 Å². The maximum atomic E-state index is 12.8. The number of nitrogens with zero attached hydrogens (tertiary/aromatic N) is 2. The molecule has 0 radical (unpaired) electrons. The lowest BCUT2D eigenvalue weighted by molar-refractivity contribution is -0.137. The van der Waals surface area contributed by atoms with Crippen LogP contribution in [0.2, 0.25) is 0 Å². The van der Waals surface area contributed by atoms with Gasteiger partial charge in [-0.2, -0.15) is 0 Å². The fraction of sp³-hybridized carbons (Fsp3) is 0.941. The second-order valence-electron chi connectivity index (χ2n) is 6.60. The van der Waals surface area contributed by atoms with Gasteiger partial charge in [-0.1, -0.05) is 13.8 Å². The lowest BCUT2D eigenvalue weighted by atomic mass is 9.99. The molecule has 0 bridgehead atoms. The zero-order valence-corrected chi connectivity index (χ0v) is 13.9.